The van der Waals surface area contributed by atoms with E-state index in [1.54, 1.807) is 18.5 Å². The van der Waals surface area contributed by atoms with Gasteiger partial charge in [0.1, 0.15) is 6.33 Å². The first-order valence-electron chi connectivity index (χ1n) is 1.70. The molecule has 0 aromatic carbocycles. The number of nitrogens with zero attached hydrogens (tertiary/aromatic N) is 2. The summed E-state index contributed by atoms with van der Waals surface area (Å²) in [5.41, 5.74) is 0. The fourth-order valence-corrected chi connectivity index (χ4v) is 0.253. The molecule has 1 aromatic heterocycles. The molecular formula is C4H7Cl3IrN2. The molecule has 1 radical (unpaired) electrons. The van der Waals surface area contributed by atoms with Crippen molar-refractivity contribution in [3.8, 4) is 0 Å². The molecular weight excluding hydrogens is 375 g/mol. The second kappa shape index (κ2) is 16.3. The number of rotatable bonds is 0. The zero-order valence-electron chi connectivity index (χ0n) is 4.76. The Balaban J connectivity index is -0.0000000450. The molecule has 0 atom stereocenters. The summed E-state index contributed by atoms with van der Waals surface area (Å²) in [6, 6.07) is 1.78. The van der Waals surface area contributed by atoms with Crippen LogP contribution < -0.4 is 0 Å². The van der Waals surface area contributed by atoms with Gasteiger partial charge in [-0.25, -0.2) is 9.97 Å². The fourth-order valence-electron chi connectivity index (χ4n) is 0.253. The summed E-state index contributed by atoms with van der Waals surface area (Å²) in [7, 11) is 0. The van der Waals surface area contributed by atoms with E-state index in [-0.39, 0.29) is 57.3 Å². The van der Waals surface area contributed by atoms with E-state index in [4.69, 9.17) is 0 Å². The number of halogens is 3. The van der Waals surface area contributed by atoms with Crippen molar-refractivity contribution in [3.05, 3.63) is 24.8 Å². The van der Waals surface area contributed by atoms with Gasteiger partial charge in [0.25, 0.3) is 0 Å². The zero-order valence-corrected chi connectivity index (χ0v) is 9.61. The van der Waals surface area contributed by atoms with E-state index in [2.05, 4.69) is 9.97 Å². The summed E-state index contributed by atoms with van der Waals surface area (Å²) >= 11 is 0. The molecule has 1 heterocycles. The number of hydrogen-bond acceptors (Lipinski definition) is 2. The zero-order chi connectivity index (χ0) is 4.24. The third kappa shape index (κ3) is 11.4. The van der Waals surface area contributed by atoms with Crippen molar-refractivity contribution in [2.24, 2.45) is 0 Å². The molecule has 1 aromatic rings. The molecule has 0 fully saturated rings. The van der Waals surface area contributed by atoms with Gasteiger partial charge in [0, 0.05) is 32.5 Å². The summed E-state index contributed by atoms with van der Waals surface area (Å²) < 4.78 is 0. The first kappa shape index (κ1) is 22.4. The van der Waals surface area contributed by atoms with E-state index < -0.39 is 0 Å². The fraction of sp³-hybridized carbons (Fsp3) is 0. The molecule has 0 amide bonds. The summed E-state index contributed by atoms with van der Waals surface area (Å²) in [4.78, 5) is 7.35. The van der Waals surface area contributed by atoms with Gasteiger partial charge in [-0.1, -0.05) is 0 Å². The van der Waals surface area contributed by atoms with Gasteiger partial charge in [-0.05, 0) is 6.07 Å². The maximum atomic E-state index is 3.67. The summed E-state index contributed by atoms with van der Waals surface area (Å²) in [6.07, 6.45) is 4.88. The Morgan fingerprint density at radius 1 is 0.800 bits per heavy atom. The van der Waals surface area contributed by atoms with Crippen molar-refractivity contribution >= 4 is 37.2 Å². The molecule has 0 aliphatic carbocycles. The maximum Gasteiger partial charge on any atom is 0.115 e. The summed E-state index contributed by atoms with van der Waals surface area (Å²) in [6.45, 7) is 0. The van der Waals surface area contributed by atoms with E-state index in [9.17, 15) is 0 Å². The van der Waals surface area contributed by atoms with Crippen LogP contribution in [-0.4, -0.2) is 9.97 Å². The second-order valence-electron chi connectivity index (χ2n) is 0.904. The Labute approximate surface area is 91.8 Å². The monoisotopic (exact) mass is 381 g/mol. The van der Waals surface area contributed by atoms with Crippen LogP contribution in [-0.2, 0) is 20.1 Å². The van der Waals surface area contributed by atoms with Crippen LogP contribution in [0.25, 0.3) is 0 Å². The largest absolute Gasteiger partial charge is 0.245 e. The molecule has 0 bridgehead atoms. The molecule has 1 rings (SSSR count). The average Bonchev–Trinajstić information content (AvgIpc) is 1.72. The van der Waals surface area contributed by atoms with Crippen LogP contribution >= 0.6 is 37.2 Å². The van der Waals surface area contributed by atoms with Crippen LogP contribution in [0.4, 0.5) is 0 Å². The third-order valence-electron chi connectivity index (χ3n) is 0.478. The summed E-state index contributed by atoms with van der Waals surface area (Å²) in [5, 5.41) is 0. The molecule has 0 unspecified atom stereocenters. The van der Waals surface area contributed by atoms with Gasteiger partial charge in [0.15, 0.2) is 0 Å². The van der Waals surface area contributed by atoms with Crippen molar-refractivity contribution in [2.45, 2.75) is 0 Å². The SMILES string of the molecule is Cl.Cl.Cl.[Ir].c1cncnc1. The molecule has 0 N–H and O–H groups in total. The first-order valence-corrected chi connectivity index (χ1v) is 1.70. The normalized spacial score (nSPS) is 4.80. The molecule has 0 saturated heterocycles. The van der Waals surface area contributed by atoms with E-state index in [0.717, 1.165) is 0 Å². The van der Waals surface area contributed by atoms with Gasteiger partial charge in [-0.2, -0.15) is 0 Å². The molecule has 63 valence electrons. The van der Waals surface area contributed by atoms with Crippen LogP contribution in [0.15, 0.2) is 24.8 Å². The Morgan fingerprint density at radius 2 is 1.20 bits per heavy atom. The van der Waals surface area contributed by atoms with Gasteiger partial charge in [0.05, 0.1) is 0 Å². The number of hydrogen-bond donors (Lipinski definition) is 0. The van der Waals surface area contributed by atoms with E-state index >= 15 is 0 Å². The molecule has 2 nitrogen and oxygen atoms in total. The van der Waals surface area contributed by atoms with Crippen molar-refractivity contribution in [3.63, 3.8) is 0 Å². The molecule has 0 spiro atoms. The van der Waals surface area contributed by atoms with Crippen LogP contribution in [0.5, 0.6) is 0 Å². The minimum atomic E-state index is 0. The van der Waals surface area contributed by atoms with Crippen molar-refractivity contribution < 1.29 is 20.1 Å². The van der Waals surface area contributed by atoms with Crippen molar-refractivity contribution in [1.29, 1.82) is 0 Å². The minimum Gasteiger partial charge on any atom is -0.245 e. The second-order valence-corrected chi connectivity index (χ2v) is 0.904. The van der Waals surface area contributed by atoms with Gasteiger partial charge in [-0.15, -0.1) is 37.2 Å². The molecule has 0 saturated carbocycles. The Bertz CT molecular complexity index is 90.4. The predicted octanol–water partition coefficient (Wildman–Crippen LogP) is 1.74. The summed E-state index contributed by atoms with van der Waals surface area (Å²) in [5.74, 6) is 0. The first-order chi connectivity index (χ1) is 3.00. The predicted molar refractivity (Wildman–Crippen MR) is 43.8 cm³/mol. The van der Waals surface area contributed by atoms with E-state index in [1.165, 1.54) is 6.33 Å². The van der Waals surface area contributed by atoms with Crippen LogP contribution in [0.1, 0.15) is 0 Å². The van der Waals surface area contributed by atoms with Crippen molar-refractivity contribution in [1.82, 2.24) is 9.97 Å². The van der Waals surface area contributed by atoms with Gasteiger partial charge >= 0.3 is 0 Å². The van der Waals surface area contributed by atoms with E-state index in [1.807, 2.05) is 0 Å². The standard InChI is InChI=1S/C4H4N2.3ClH.Ir/c1-2-5-4-6-3-1;;;;/h1-4H;3*1H;. The van der Waals surface area contributed by atoms with Crippen LogP contribution in [0, 0.1) is 0 Å². The van der Waals surface area contributed by atoms with Gasteiger partial charge in [0.2, 0.25) is 0 Å². The smallest absolute Gasteiger partial charge is 0.115 e. The molecule has 0 aliphatic heterocycles. The van der Waals surface area contributed by atoms with E-state index in [0.29, 0.717) is 0 Å². The van der Waals surface area contributed by atoms with Crippen LogP contribution in [0.2, 0.25) is 0 Å². The molecule has 0 aliphatic rings. The maximum absolute atomic E-state index is 3.67. The average molecular weight is 382 g/mol. The molecule has 6 heteroatoms. The van der Waals surface area contributed by atoms with Crippen LogP contribution in [0.3, 0.4) is 0 Å². The molecule has 10 heavy (non-hydrogen) atoms. The topological polar surface area (TPSA) is 25.8 Å². The Hall–Kier alpha value is 0.599. The van der Waals surface area contributed by atoms with Crippen molar-refractivity contribution in [2.75, 3.05) is 0 Å². The van der Waals surface area contributed by atoms with Gasteiger partial charge < -0.3 is 0 Å². The Kier molecular flexibility index (Phi) is 36.6. The van der Waals surface area contributed by atoms with Gasteiger partial charge in [-0.3, -0.25) is 0 Å². The number of aromatic nitrogens is 2. The minimum absolute atomic E-state index is 0. The quantitative estimate of drug-likeness (QED) is 0.684. The third-order valence-corrected chi connectivity index (χ3v) is 0.478. The Morgan fingerprint density at radius 3 is 1.30 bits per heavy atom.